The van der Waals surface area contributed by atoms with Crippen LogP contribution in [-0.2, 0) is 5.66 Å². The molecule has 0 bridgehead atoms. The molecule has 2 aromatic carbocycles. The standard InChI is InChI=1S/C15H12N6O2/c1-15(10-5-4-6-11(9-10)21(22)23)16-13-8-3-2-7-12(13)14-17-18-19-20(14)15/h2-9,16H,1H3. The third-order valence-electron chi connectivity index (χ3n) is 4.06. The van der Waals surface area contributed by atoms with Gasteiger partial charge in [-0.1, -0.05) is 24.3 Å². The Kier molecular flexibility index (Phi) is 2.68. The van der Waals surface area contributed by atoms with Gasteiger partial charge in [0.15, 0.2) is 11.5 Å². The number of hydrogen-bond acceptors (Lipinski definition) is 6. The fourth-order valence-corrected chi connectivity index (χ4v) is 2.88. The van der Waals surface area contributed by atoms with Gasteiger partial charge in [-0.2, -0.15) is 4.68 Å². The first kappa shape index (κ1) is 13.4. The second kappa shape index (κ2) is 4.60. The van der Waals surface area contributed by atoms with Crippen LogP contribution in [0, 0.1) is 10.1 Å². The summed E-state index contributed by atoms with van der Waals surface area (Å²) in [5, 5.41) is 26.4. The lowest BCUT2D eigenvalue weighted by atomic mass is 9.96. The summed E-state index contributed by atoms with van der Waals surface area (Å²) in [6.45, 7) is 1.89. The molecule has 1 N–H and O–H groups in total. The molecule has 2 heterocycles. The van der Waals surface area contributed by atoms with Gasteiger partial charge in [0.25, 0.3) is 5.69 Å². The van der Waals surface area contributed by atoms with E-state index in [9.17, 15) is 10.1 Å². The van der Waals surface area contributed by atoms with Gasteiger partial charge in [0.05, 0.1) is 4.92 Å². The van der Waals surface area contributed by atoms with Gasteiger partial charge in [-0.3, -0.25) is 10.1 Å². The number of aromatic nitrogens is 4. The zero-order valence-corrected chi connectivity index (χ0v) is 12.2. The van der Waals surface area contributed by atoms with Crippen molar-refractivity contribution in [3.05, 3.63) is 64.2 Å². The normalized spacial score (nSPS) is 18.7. The van der Waals surface area contributed by atoms with E-state index in [0.717, 1.165) is 11.3 Å². The molecule has 0 fully saturated rings. The maximum absolute atomic E-state index is 11.1. The topological polar surface area (TPSA) is 98.8 Å². The summed E-state index contributed by atoms with van der Waals surface area (Å²) in [5.74, 6) is 0.619. The average Bonchev–Trinajstić information content (AvgIpc) is 3.06. The van der Waals surface area contributed by atoms with Crippen LogP contribution in [0.15, 0.2) is 48.5 Å². The van der Waals surface area contributed by atoms with Crippen molar-refractivity contribution >= 4 is 11.4 Å². The van der Waals surface area contributed by atoms with E-state index < -0.39 is 10.6 Å². The van der Waals surface area contributed by atoms with Crippen LogP contribution in [0.2, 0.25) is 0 Å². The van der Waals surface area contributed by atoms with Crippen LogP contribution >= 0.6 is 0 Å². The molecule has 0 spiro atoms. The molecule has 1 unspecified atom stereocenters. The highest BCUT2D eigenvalue weighted by atomic mass is 16.6. The molecule has 1 aromatic heterocycles. The number of hydrogen-bond donors (Lipinski definition) is 1. The largest absolute Gasteiger partial charge is 0.357 e. The highest BCUT2D eigenvalue weighted by Crippen LogP contribution is 2.40. The van der Waals surface area contributed by atoms with Crippen LogP contribution in [0.3, 0.4) is 0 Å². The van der Waals surface area contributed by atoms with Crippen LogP contribution in [0.5, 0.6) is 0 Å². The van der Waals surface area contributed by atoms with Crippen molar-refractivity contribution in [2.75, 3.05) is 5.32 Å². The Morgan fingerprint density at radius 1 is 1.22 bits per heavy atom. The Morgan fingerprint density at radius 3 is 2.87 bits per heavy atom. The minimum atomic E-state index is -0.820. The summed E-state index contributed by atoms with van der Waals surface area (Å²) in [7, 11) is 0. The summed E-state index contributed by atoms with van der Waals surface area (Å²) in [6, 6.07) is 14.2. The van der Waals surface area contributed by atoms with Gasteiger partial charge in [-0.05, 0) is 29.5 Å². The second-order valence-corrected chi connectivity index (χ2v) is 5.46. The van der Waals surface area contributed by atoms with Gasteiger partial charge in [-0.25, -0.2) is 0 Å². The highest BCUT2D eigenvalue weighted by molar-refractivity contribution is 5.77. The van der Waals surface area contributed by atoms with E-state index in [1.807, 2.05) is 37.3 Å². The number of nitrogens with zero attached hydrogens (tertiary/aromatic N) is 5. The van der Waals surface area contributed by atoms with E-state index in [2.05, 4.69) is 20.8 Å². The third kappa shape index (κ3) is 1.88. The first-order valence-electron chi connectivity index (χ1n) is 7.01. The van der Waals surface area contributed by atoms with Crippen LogP contribution in [0.4, 0.5) is 11.4 Å². The molecule has 4 rings (SSSR count). The summed E-state index contributed by atoms with van der Waals surface area (Å²) < 4.78 is 1.65. The van der Waals surface area contributed by atoms with Gasteiger partial charge in [0.1, 0.15) is 0 Å². The number of nitro benzene ring substituents is 1. The number of tetrazole rings is 1. The summed E-state index contributed by atoms with van der Waals surface area (Å²) in [5.41, 5.74) is 1.68. The molecule has 0 radical (unpaired) electrons. The molecule has 0 saturated heterocycles. The molecule has 0 saturated carbocycles. The Labute approximate surface area is 130 Å². The van der Waals surface area contributed by atoms with E-state index in [4.69, 9.17) is 0 Å². The van der Waals surface area contributed by atoms with E-state index in [0.29, 0.717) is 11.4 Å². The van der Waals surface area contributed by atoms with Crippen molar-refractivity contribution in [3.8, 4) is 11.4 Å². The number of non-ortho nitro benzene ring substituents is 1. The monoisotopic (exact) mass is 308 g/mol. The number of nitro groups is 1. The molecule has 8 nitrogen and oxygen atoms in total. The van der Waals surface area contributed by atoms with Gasteiger partial charge >= 0.3 is 0 Å². The van der Waals surface area contributed by atoms with E-state index in [1.54, 1.807) is 10.7 Å². The maximum Gasteiger partial charge on any atom is 0.269 e. The molecule has 1 atom stereocenters. The minimum absolute atomic E-state index is 0.0269. The molecule has 0 aliphatic carbocycles. The first-order valence-corrected chi connectivity index (χ1v) is 7.01. The lowest BCUT2D eigenvalue weighted by Crippen LogP contribution is -2.43. The number of anilines is 1. The van der Waals surface area contributed by atoms with Crippen molar-refractivity contribution in [1.82, 2.24) is 20.2 Å². The molecule has 23 heavy (non-hydrogen) atoms. The van der Waals surface area contributed by atoms with Crippen molar-refractivity contribution in [2.45, 2.75) is 12.6 Å². The second-order valence-electron chi connectivity index (χ2n) is 5.46. The Hall–Kier alpha value is -3.29. The maximum atomic E-state index is 11.1. The minimum Gasteiger partial charge on any atom is -0.357 e. The summed E-state index contributed by atoms with van der Waals surface area (Å²) >= 11 is 0. The zero-order chi connectivity index (χ0) is 16.0. The van der Waals surface area contributed by atoms with Gasteiger partial charge in [-0.15, -0.1) is 5.10 Å². The van der Waals surface area contributed by atoms with Crippen LogP contribution in [0.25, 0.3) is 11.4 Å². The molecule has 1 aliphatic heterocycles. The van der Waals surface area contributed by atoms with Gasteiger partial charge < -0.3 is 5.32 Å². The van der Waals surface area contributed by atoms with Crippen LogP contribution in [0.1, 0.15) is 12.5 Å². The van der Waals surface area contributed by atoms with Crippen molar-refractivity contribution in [3.63, 3.8) is 0 Å². The number of benzene rings is 2. The number of nitrogens with one attached hydrogen (secondary N) is 1. The summed E-state index contributed by atoms with van der Waals surface area (Å²) in [6.07, 6.45) is 0. The van der Waals surface area contributed by atoms with Crippen molar-refractivity contribution in [2.24, 2.45) is 0 Å². The number of para-hydroxylation sites is 1. The average molecular weight is 308 g/mol. The number of rotatable bonds is 2. The first-order chi connectivity index (χ1) is 11.1. The Morgan fingerprint density at radius 2 is 2.04 bits per heavy atom. The molecule has 1 aliphatic rings. The molecular formula is C15H12N6O2. The number of fused-ring (bicyclic) bond motifs is 3. The highest BCUT2D eigenvalue weighted by Gasteiger charge is 2.38. The van der Waals surface area contributed by atoms with E-state index in [1.165, 1.54) is 12.1 Å². The molecular weight excluding hydrogens is 296 g/mol. The summed E-state index contributed by atoms with van der Waals surface area (Å²) in [4.78, 5) is 10.7. The van der Waals surface area contributed by atoms with E-state index >= 15 is 0 Å². The third-order valence-corrected chi connectivity index (χ3v) is 4.06. The lowest BCUT2D eigenvalue weighted by molar-refractivity contribution is -0.385. The van der Waals surface area contributed by atoms with Gasteiger partial charge in [0.2, 0.25) is 0 Å². The van der Waals surface area contributed by atoms with Crippen molar-refractivity contribution < 1.29 is 4.92 Å². The predicted molar refractivity (Wildman–Crippen MR) is 82.7 cm³/mol. The van der Waals surface area contributed by atoms with Crippen LogP contribution < -0.4 is 5.32 Å². The Balaban J connectivity index is 1.93. The SMILES string of the molecule is CC1(c2cccc([N+](=O)[O-])c2)Nc2ccccc2-c2nnnn21. The fraction of sp³-hybridized carbons (Fsp3) is 0.133. The molecule has 114 valence electrons. The molecule has 0 amide bonds. The van der Waals surface area contributed by atoms with E-state index in [-0.39, 0.29) is 5.69 Å². The van der Waals surface area contributed by atoms with Crippen LogP contribution in [-0.4, -0.2) is 25.1 Å². The predicted octanol–water partition coefficient (Wildman–Crippen LogP) is 2.39. The smallest absolute Gasteiger partial charge is 0.269 e. The Bertz CT molecular complexity index is 922. The fourth-order valence-electron chi connectivity index (χ4n) is 2.88. The van der Waals surface area contributed by atoms with Crippen molar-refractivity contribution in [1.29, 1.82) is 0 Å². The zero-order valence-electron chi connectivity index (χ0n) is 12.2. The quantitative estimate of drug-likeness (QED) is 0.576. The lowest BCUT2D eigenvalue weighted by Gasteiger charge is -2.36. The molecule has 8 heteroatoms. The molecule has 3 aromatic rings. The van der Waals surface area contributed by atoms with Gasteiger partial charge in [0, 0.05) is 28.9 Å².